The Labute approximate surface area is 91.8 Å². The fourth-order valence-corrected chi connectivity index (χ4v) is 4.74. The molecule has 0 unspecified atom stereocenters. The molecule has 84 valence electrons. The van der Waals surface area contributed by atoms with Crippen LogP contribution in [0, 0.1) is 23.2 Å². The lowest BCUT2D eigenvalue weighted by molar-refractivity contribution is -0.0241. The van der Waals surface area contributed by atoms with Crippen LogP contribution in [-0.2, 0) is 4.84 Å². The van der Waals surface area contributed by atoms with Gasteiger partial charge in [0.2, 0.25) is 0 Å². The summed E-state index contributed by atoms with van der Waals surface area (Å²) in [6.07, 6.45) is 13.4. The van der Waals surface area contributed by atoms with E-state index in [0.29, 0.717) is 12.0 Å². The molecule has 4 saturated carbocycles. The normalized spacial score (nSPS) is 47.9. The topological polar surface area (TPSA) is 35.2 Å². The number of hydrogen-bond acceptors (Lipinski definition) is 2. The Bertz CT molecular complexity index is 236. The quantitative estimate of drug-likeness (QED) is 0.570. The fourth-order valence-electron chi connectivity index (χ4n) is 4.74. The Balaban J connectivity index is 1.75. The average Bonchev–Trinajstić information content (AvgIpc) is 2.15. The van der Waals surface area contributed by atoms with Crippen LogP contribution in [0.5, 0.6) is 0 Å². The van der Waals surface area contributed by atoms with E-state index < -0.39 is 0 Å². The molecule has 0 atom stereocenters. The van der Waals surface area contributed by atoms with Gasteiger partial charge in [-0.15, -0.1) is 0 Å². The van der Waals surface area contributed by atoms with Crippen molar-refractivity contribution >= 4 is 0 Å². The van der Waals surface area contributed by atoms with Gasteiger partial charge in [0, 0.05) is 0 Å². The molecule has 15 heavy (non-hydrogen) atoms. The van der Waals surface area contributed by atoms with E-state index in [-0.39, 0.29) is 0 Å². The van der Waals surface area contributed by atoms with Gasteiger partial charge in [-0.25, -0.2) is 5.90 Å². The van der Waals surface area contributed by atoms with E-state index in [4.69, 9.17) is 5.90 Å². The Morgan fingerprint density at radius 3 is 2.07 bits per heavy atom. The first kappa shape index (κ1) is 9.86. The van der Waals surface area contributed by atoms with E-state index in [0.717, 1.165) is 17.8 Å². The summed E-state index contributed by atoms with van der Waals surface area (Å²) in [6.45, 7) is 0.571. The van der Waals surface area contributed by atoms with Crippen LogP contribution in [0.1, 0.15) is 38.5 Å². The standard InChI is InChI=1S/C13H21NO/c14-15-3-1-2-13-7-10-4-11(8-13)6-12(5-10)9-13/h1-2,10-12H,3-9,14H2/b2-1+. The average molecular weight is 207 g/mol. The van der Waals surface area contributed by atoms with E-state index in [9.17, 15) is 0 Å². The minimum absolute atomic E-state index is 0.535. The van der Waals surface area contributed by atoms with Crippen LogP contribution in [0.4, 0.5) is 0 Å². The molecule has 0 heterocycles. The van der Waals surface area contributed by atoms with Crippen LogP contribution in [-0.4, -0.2) is 6.61 Å². The highest BCUT2D eigenvalue weighted by Crippen LogP contribution is 2.60. The Morgan fingerprint density at radius 2 is 1.60 bits per heavy atom. The minimum atomic E-state index is 0.535. The van der Waals surface area contributed by atoms with Crippen LogP contribution in [0.2, 0.25) is 0 Å². The molecule has 0 amide bonds. The minimum Gasteiger partial charge on any atom is -0.300 e. The highest BCUT2D eigenvalue weighted by Gasteiger charge is 2.49. The van der Waals surface area contributed by atoms with Gasteiger partial charge < -0.3 is 4.84 Å². The van der Waals surface area contributed by atoms with Crippen molar-refractivity contribution in [1.82, 2.24) is 0 Å². The van der Waals surface area contributed by atoms with Crippen LogP contribution in [0.15, 0.2) is 12.2 Å². The van der Waals surface area contributed by atoms with Gasteiger partial charge in [-0.2, -0.15) is 0 Å². The molecule has 4 bridgehead atoms. The molecule has 2 N–H and O–H groups in total. The SMILES string of the molecule is NOC/C=C/C12CC3CC(CC(C3)C1)C2. The molecule has 2 heteroatoms. The molecule has 4 aliphatic rings. The van der Waals surface area contributed by atoms with Gasteiger partial charge in [0.15, 0.2) is 0 Å². The number of hydrogen-bond donors (Lipinski definition) is 1. The number of rotatable bonds is 3. The molecule has 0 spiro atoms. The second kappa shape index (κ2) is 3.60. The van der Waals surface area contributed by atoms with Crippen LogP contribution >= 0.6 is 0 Å². The van der Waals surface area contributed by atoms with Crippen LogP contribution in [0.25, 0.3) is 0 Å². The van der Waals surface area contributed by atoms with Crippen molar-refractivity contribution in [3.63, 3.8) is 0 Å². The van der Waals surface area contributed by atoms with Crippen molar-refractivity contribution in [1.29, 1.82) is 0 Å². The van der Waals surface area contributed by atoms with Crippen molar-refractivity contribution in [3.05, 3.63) is 12.2 Å². The summed E-state index contributed by atoms with van der Waals surface area (Å²) < 4.78 is 0. The van der Waals surface area contributed by atoms with Gasteiger partial charge in [0.25, 0.3) is 0 Å². The van der Waals surface area contributed by atoms with E-state index in [1.165, 1.54) is 38.5 Å². The highest BCUT2D eigenvalue weighted by atomic mass is 16.6. The lowest BCUT2D eigenvalue weighted by atomic mass is 9.49. The van der Waals surface area contributed by atoms with Crippen molar-refractivity contribution < 1.29 is 4.84 Å². The second-order valence-corrected chi connectivity index (χ2v) is 6.02. The number of allylic oxidation sites excluding steroid dienone is 1. The molecule has 4 fully saturated rings. The summed E-state index contributed by atoms with van der Waals surface area (Å²) in [7, 11) is 0. The molecular weight excluding hydrogens is 186 g/mol. The summed E-state index contributed by atoms with van der Waals surface area (Å²) in [4.78, 5) is 4.62. The third kappa shape index (κ3) is 1.74. The maximum absolute atomic E-state index is 5.05. The molecule has 2 nitrogen and oxygen atoms in total. The molecule has 0 aromatic carbocycles. The maximum atomic E-state index is 5.05. The summed E-state index contributed by atoms with van der Waals surface area (Å²) >= 11 is 0. The van der Waals surface area contributed by atoms with Crippen LogP contribution in [0.3, 0.4) is 0 Å². The first-order valence-electron chi connectivity index (χ1n) is 6.29. The monoisotopic (exact) mass is 207 g/mol. The predicted molar refractivity (Wildman–Crippen MR) is 59.9 cm³/mol. The molecule has 0 aliphatic heterocycles. The lowest BCUT2D eigenvalue weighted by Gasteiger charge is -2.55. The predicted octanol–water partition coefficient (Wildman–Crippen LogP) is 2.65. The van der Waals surface area contributed by atoms with Crippen molar-refractivity contribution in [3.8, 4) is 0 Å². The largest absolute Gasteiger partial charge is 0.300 e. The summed E-state index contributed by atoms with van der Waals surface area (Å²) in [5, 5.41) is 0. The Morgan fingerprint density at radius 1 is 1.07 bits per heavy atom. The van der Waals surface area contributed by atoms with E-state index >= 15 is 0 Å². The molecule has 0 radical (unpaired) electrons. The van der Waals surface area contributed by atoms with Gasteiger partial charge in [0.1, 0.15) is 0 Å². The molecule has 0 aromatic rings. The van der Waals surface area contributed by atoms with Gasteiger partial charge >= 0.3 is 0 Å². The summed E-state index contributed by atoms with van der Waals surface area (Å²) in [6, 6.07) is 0. The first-order valence-corrected chi connectivity index (χ1v) is 6.29. The second-order valence-electron chi connectivity index (χ2n) is 6.02. The van der Waals surface area contributed by atoms with Crippen molar-refractivity contribution in [2.24, 2.45) is 29.1 Å². The molecule has 0 aromatic heterocycles. The third-order valence-electron chi connectivity index (χ3n) is 4.75. The van der Waals surface area contributed by atoms with E-state index in [1.54, 1.807) is 0 Å². The molecule has 4 aliphatic carbocycles. The molecule has 4 rings (SSSR count). The molecule has 0 saturated heterocycles. The smallest absolute Gasteiger partial charge is 0.0860 e. The van der Waals surface area contributed by atoms with Gasteiger partial charge in [-0.05, 0) is 61.7 Å². The zero-order valence-corrected chi connectivity index (χ0v) is 9.32. The fraction of sp³-hybridized carbons (Fsp3) is 0.846. The summed E-state index contributed by atoms with van der Waals surface area (Å²) in [5.41, 5.74) is 0.535. The van der Waals surface area contributed by atoms with Gasteiger partial charge in [-0.3, -0.25) is 0 Å². The van der Waals surface area contributed by atoms with Gasteiger partial charge in [-0.1, -0.05) is 12.2 Å². The third-order valence-corrected chi connectivity index (χ3v) is 4.75. The number of nitrogens with two attached hydrogens (primary N) is 1. The first-order chi connectivity index (χ1) is 7.30. The van der Waals surface area contributed by atoms with Gasteiger partial charge in [0.05, 0.1) is 6.61 Å². The lowest BCUT2D eigenvalue weighted by Crippen LogP contribution is -2.45. The summed E-state index contributed by atoms with van der Waals surface area (Å²) in [5.74, 6) is 8.14. The highest BCUT2D eigenvalue weighted by molar-refractivity contribution is 5.10. The Kier molecular flexibility index (Phi) is 2.37. The maximum Gasteiger partial charge on any atom is 0.0860 e. The van der Waals surface area contributed by atoms with Crippen molar-refractivity contribution in [2.45, 2.75) is 38.5 Å². The zero-order chi connectivity index (χ0) is 10.3. The van der Waals surface area contributed by atoms with E-state index in [2.05, 4.69) is 17.0 Å². The Hall–Kier alpha value is -0.340. The van der Waals surface area contributed by atoms with Crippen LogP contribution < -0.4 is 5.90 Å². The zero-order valence-electron chi connectivity index (χ0n) is 9.32. The molecular formula is C13H21NO. The van der Waals surface area contributed by atoms with E-state index in [1.807, 2.05) is 0 Å². The van der Waals surface area contributed by atoms with Crippen molar-refractivity contribution in [2.75, 3.05) is 6.61 Å².